The van der Waals surface area contributed by atoms with E-state index < -0.39 is 0 Å². The molecule has 3 rings (SSSR count). The molecule has 2 heterocycles. The van der Waals surface area contributed by atoms with Crippen LogP contribution in [0.3, 0.4) is 0 Å². The molecule has 0 radical (unpaired) electrons. The van der Waals surface area contributed by atoms with Gasteiger partial charge in [0.2, 0.25) is 5.95 Å². The van der Waals surface area contributed by atoms with Crippen LogP contribution in [0.5, 0.6) is 0 Å². The summed E-state index contributed by atoms with van der Waals surface area (Å²) in [4.78, 5) is 24.8. The van der Waals surface area contributed by atoms with Gasteiger partial charge in [0.05, 0.1) is 0 Å². The molecule has 1 aromatic heterocycles. The molecule has 2 aromatic rings. The zero-order chi connectivity index (χ0) is 17.6. The van der Waals surface area contributed by atoms with Crippen molar-refractivity contribution in [3.63, 3.8) is 0 Å². The zero-order valence-corrected chi connectivity index (χ0v) is 14.9. The van der Waals surface area contributed by atoms with Crippen molar-refractivity contribution >= 4 is 17.4 Å². The Bertz CT molecular complexity index is 691. The van der Waals surface area contributed by atoms with Gasteiger partial charge in [0.15, 0.2) is 5.78 Å². The van der Waals surface area contributed by atoms with Crippen molar-refractivity contribution in [3.8, 4) is 0 Å². The Kier molecular flexibility index (Phi) is 5.60. The first kappa shape index (κ1) is 17.4. The molecule has 6 heteroatoms. The van der Waals surface area contributed by atoms with E-state index in [4.69, 9.17) is 0 Å². The first-order chi connectivity index (χ1) is 12.2. The highest BCUT2D eigenvalue weighted by molar-refractivity contribution is 5.94. The van der Waals surface area contributed by atoms with Crippen molar-refractivity contribution in [2.24, 2.45) is 0 Å². The van der Waals surface area contributed by atoms with Crippen molar-refractivity contribution in [3.05, 3.63) is 47.8 Å². The van der Waals surface area contributed by atoms with Gasteiger partial charge in [0.25, 0.3) is 0 Å². The molecule has 132 valence electrons. The summed E-state index contributed by atoms with van der Waals surface area (Å²) in [7, 11) is 0. The summed E-state index contributed by atoms with van der Waals surface area (Å²) in [6.07, 6.45) is 3.80. The molecule has 0 bridgehead atoms. The Balaban J connectivity index is 1.52. The fraction of sp³-hybridized carbons (Fsp3) is 0.421. The first-order valence-electron chi connectivity index (χ1n) is 8.79. The lowest BCUT2D eigenvalue weighted by atomic mass is 10.1. The highest BCUT2D eigenvalue weighted by Crippen LogP contribution is 2.18. The summed E-state index contributed by atoms with van der Waals surface area (Å²) in [5.74, 6) is 0.795. The van der Waals surface area contributed by atoms with Crippen molar-refractivity contribution in [1.82, 2.24) is 14.9 Å². The smallest absolute Gasteiger partial charge is 0.222 e. The largest absolute Gasteiger partial charge is 0.369 e. The Labute approximate surface area is 148 Å². The number of hydrogen-bond donors (Lipinski definition) is 1. The van der Waals surface area contributed by atoms with E-state index in [1.54, 1.807) is 6.92 Å². The molecule has 0 unspecified atom stereocenters. The summed E-state index contributed by atoms with van der Waals surface area (Å²) in [6.45, 7) is 9.31. The molecule has 25 heavy (non-hydrogen) atoms. The minimum Gasteiger partial charge on any atom is -0.369 e. The number of benzene rings is 1. The van der Waals surface area contributed by atoms with E-state index in [0.29, 0.717) is 5.95 Å². The average Bonchev–Trinajstić information content (AvgIpc) is 2.64. The maximum Gasteiger partial charge on any atom is 0.222 e. The van der Waals surface area contributed by atoms with Gasteiger partial charge in [-0.1, -0.05) is 0 Å². The number of aromatic nitrogens is 2. The summed E-state index contributed by atoms with van der Waals surface area (Å²) < 4.78 is 0. The minimum atomic E-state index is 0.110. The van der Waals surface area contributed by atoms with E-state index in [1.165, 1.54) is 5.69 Å². The molecule has 1 fully saturated rings. The van der Waals surface area contributed by atoms with E-state index in [9.17, 15) is 4.79 Å². The number of hydrogen-bond acceptors (Lipinski definition) is 6. The normalized spacial score (nSPS) is 15.2. The molecule has 0 aliphatic carbocycles. The topological polar surface area (TPSA) is 61.4 Å². The molecular weight excluding hydrogens is 314 g/mol. The molecular formula is C19H25N5O. The number of carbonyl (C=O) groups is 1. The molecule has 0 spiro atoms. The molecule has 6 nitrogen and oxygen atoms in total. The number of nitrogens with zero attached hydrogens (tertiary/aromatic N) is 4. The van der Waals surface area contributed by atoms with Crippen molar-refractivity contribution in [2.45, 2.75) is 20.4 Å². The van der Waals surface area contributed by atoms with Crippen LogP contribution in [0.1, 0.15) is 29.8 Å². The van der Waals surface area contributed by atoms with Crippen molar-refractivity contribution in [1.29, 1.82) is 0 Å². The van der Waals surface area contributed by atoms with Gasteiger partial charge in [-0.2, -0.15) is 0 Å². The third kappa shape index (κ3) is 4.54. The van der Waals surface area contributed by atoms with Crippen LogP contribution in [0.4, 0.5) is 11.6 Å². The van der Waals surface area contributed by atoms with E-state index in [1.807, 2.05) is 43.6 Å². The minimum absolute atomic E-state index is 0.110. The summed E-state index contributed by atoms with van der Waals surface area (Å²) in [6, 6.07) is 7.90. The standard InChI is InChI=1S/C19H25N5O/c1-3-20-19-21-12-16(13-22-19)14-23-8-10-24(11-9-23)18-6-4-17(5-7-18)15(2)25/h4-7,12-13H,3,8-11,14H2,1-2H3,(H,20,21,22). The fourth-order valence-corrected chi connectivity index (χ4v) is 3.02. The highest BCUT2D eigenvalue weighted by Gasteiger charge is 2.17. The van der Waals surface area contributed by atoms with Crippen LogP contribution in [-0.2, 0) is 6.54 Å². The maximum atomic E-state index is 11.4. The van der Waals surface area contributed by atoms with E-state index in [2.05, 4.69) is 25.1 Å². The highest BCUT2D eigenvalue weighted by atomic mass is 16.1. The fourth-order valence-electron chi connectivity index (χ4n) is 3.02. The van der Waals surface area contributed by atoms with E-state index in [-0.39, 0.29) is 5.78 Å². The number of anilines is 2. The van der Waals surface area contributed by atoms with Crippen LogP contribution >= 0.6 is 0 Å². The van der Waals surface area contributed by atoms with Crippen LogP contribution in [0.15, 0.2) is 36.7 Å². The van der Waals surface area contributed by atoms with Crippen LogP contribution in [0.2, 0.25) is 0 Å². The molecule has 1 saturated heterocycles. The van der Waals surface area contributed by atoms with Gasteiger partial charge in [-0.15, -0.1) is 0 Å². The maximum absolute atomic E-state index is 11.4. The Hall–Kier alpha value is -2.47. The van der Waals surface area contributed by atoms with Gasteiger partial charge < -0.3 is 10.2 Å². The monoisotopic (exact) mass is 339 g/mol. The lowest BCUT2D eigenvalue weighted by Crippen LogP contribution is -2.46. The van der Waals surface area contributed by atoms with Crippen molar-refractivity contribution in [2.75, 3.05) is 42.9 Å². The average molecular weight is 339 g/mol. The first-order valence-corrected chi connectivity index (χ1v) is 8.79. The lowest BCUT2D eigenvalue weighted by Gasteiger charge is -2.36. The Morgan fingerprint density at radius 3 is 2.28 bits per heavy atom. The predicted molar refractivity (Wildman–Crippen MR) is 100 cm³/mol. The number of rotatable bonds is 6. The summed E-state index contributed by atoms with van der Waals surface area (Å²) >= 11 is 0. The molecule has 1 aliphatic heterocycles. The second-order valence-corrected chi connectivity index (χ2v) is 6.31. The van der Waals surface area contributed by atoms with Gasteiger partial charge in [-0.3, -0.25) is 9.69 Å². The van der Waals surface area contributed by atoms with Crippen LogP contribution < -0.4 is 10.2 Å². The van der Waals surface area contributed by atoms with Gasteiger partial charge in [0, 0.05) is 68.5 Å². The Morgan fingerprint density at radius 1 is 1.08 bits per heavy atom. The molecule has 0 saturated carbocycles. The number of Topliss-reactive ketones (excluding diaryl/α,β-unsaturated/α-hetero) is 1. The van der Waals surface area contributed by atoms with Crippen LogP contribution in [0, 0.1) is 0 Å². The van der Waals surface area contributed by atoms with Gasteiger partial charge in [-0.25, -0.2) is 9.97 Å². The van der Waals surface area contributed by atoms with Gasteiger partial charge in [0.1, 0.15) is 0 Å². The number of nitrogens with one attached hydrogen (secondary N) is 1. The molecule has 0 atom stereocenters. The van der Waals surface area contributed by atoms with E-state index >= 15 is 0 Å². The summed E-state index contributed by atoms with van der Waals surface area (Å²) in [5.41, 5.74) is 3.09. The number of carbonyl (C=O) groups excluding carboxylic acids is 1. The van der Waals surface area contributed by atoms with Gasteiger partial charge >= 0.3 is 0 Å². The van der Waals surface area contributed by atoms with Crippen LogP contribution in [-0.4, -0.2) is 53.4 Å². The van der Waals surface area contributed by atoms with Crippen LogP contribution in [0.25, 0.3) is 0 Å². The Morgan fingerprint density at radius 2 is 1.72 bits per heavy atom. The van der Waals surface area contributed by atoms with E-state index in [0.717, 1.165) is 50.4 Å². The second-order valence-electron chi connectivity index (χ2n) is 6.31. The predicted octanol–water partition coefficient (Wildman–Crippen LogP) is 2.43. The quantitative estimate of drug-likeness (QED) is 0.816. The van der Waals surface area contributed by atoms with Gasteiger partial charge in [-0.05, 0) is 38.1 Å². The number of piperazine rings is 1. The third-order valence-corrected chi connectivity index (χ3v) is 4.46. The zero-order valence-electron chi connectivity index (χ0n) is 14.9. The molecule has 0 amide bonds. The molecule has 1 aromatic carbocycles. The molecule has 1 N–H and O–H groups in total. The summed E-state index contributed by atoms with van der Waals surface area (Å²) in [5, 5.41) is 3.11. The number of ketones is 1. The second kappa shape index (κ2) is 8.07. The molecule has 1 aliphatic rings. The SMILES string of the molecule is CCNc1ncc(CN2CCN(c3ccc(C(C)=O)cc3)CC2)cn1. The lowest BCUT2D eigenvalue weighted by molar-refractivity contribution is 0.101. The van der Waals surface area contributed by atoms with Crippen molar-refractivity contribution < 1.29 is 4.79 Å². The third-order valence-electron chi connectivity index (χ3n) is 4.46.